The fourth-order valence-corrected chi connectivity index (χ4v) is 3.56. The lowest BCUT2D eigenvalue weighted by molar-refractivity contribution is 0.0139. The molecule has 1 aliphatic heterocycles. The van der Waals surface area contributed by atoms with Crippen molar-refractivity contribution in [1.29, 1.82) is 0 Å². The van der Waals surface area contributed by atoms with Crippen LogP contribution in [0.4, 0.5) is 14.4 Å². The molecule has 1 aliphatic rings. The fraction of sp³-hybridized carbons (Fsp3) is 0.588. The maximum Gasteiger partial charge on any atom is 0.410 e. The van der Waals surface area contributed by atoms with Gasteiger partial charge in [0.25, 0.3) is 0 Å². The number of ether oxygens (including phenoxy) is 1. The molecule has 0 aliphatic carbocycles. The average molecular weight is 387 g/mol. The number of rotatable bonds is 3. The zero-order valence-electron chi connectivity index (χ0n) is 15.6. The molecule has 0 atom stereocenters. The Morgan fingerprint density at radius 1 is 1.23 bits per heavy atom. The number of benzene rings is 1. The number of nitrogen functional groups attached to an aromatic ring is 1. The van der Waals surface area contributed by atoms with Crippen LogP contribution in [0, 0.1) is 6.92 Å². The fourth-order valence-electron chi connectivity index (χ4n) is 2.79. The molecule has 2 rings (SSSR count). The largest absolute Gasteiger partial charge is 0.444 e. The molecule has 0 bridgehead atoms. The summed E-state index contributed by atoms with van der Waals surface area (Å²) < 4.78 is 41.4. The Morgan fingerprint density at radius 2 is 1.81 bits per heavy atom. The number of carbonyl (C=O) groups excluding carboxylic acids is 1. The minimum atomic E-state index is -4.82. The van der Waals surface area contributed by atoms with Gasteiger partial charge < -0.3 is 15.4 Å². The third kappa shape index (κ3) is 5.31. The van der Waals surface area contributed by atoms with E-state index >= 15 is 0 Å². The zero-order chi connectivity index (χ0) is 19.7. The normalized spacial score (nSPS) is 16.6. The van der Waals surface area contributed by atoms with E-state index in [0.29, 0.717) is 38.3 Å². The molecule has 1 fully saturated rings. The molecule has 9 heteroatoms. The Labute approximate surface area is 154 Å². The first kappa shape index (κ1) is 20.4. The van der Waals surface area contributed by atoms with E-state index in [1.165, 1.54) is 13.0 Å². The van der Waals surface area contributed by atoms with Crippen LogP contribution in [0.5, 0.6) is 0 Å². The van der Waals surface area contributed by atoms with Crippen molar-refractivity contribution in [2.24, 2.45) is 0 Å². The minimum absolute atomic E-state index is 0.214. The highest BCUT2D eigenvalue weighted by molar-refractivity contribution is 7.86. The van der Waals surface area contributed by atoms with Crippen LogP contribution in [-0.2, 0) is 21.5 Å². The third-order valence-electron chi connectivity index (χ3n) is 4.15. The van der Waals surface area contributed by atoms with Gasteiger partial charge >= 0.3 is 16.3 Å². The summed E-state index contributed by atoms with van der Waals surface area (Å²) in [7, 11) is -4.82. The summed E-state index contributed by atoms with van der Waals surface area (Å²) >= 11 is 0. The highest BCUT2D eigenvalue weighted by Gasteiger charge is 2.26. The summed E-state index contributed by atoms with van der Waals surface area (Å²) in [6, 6.07) is 2.98. The molecule has 0 radical (unpaired) electrons. The lowest BCUT2D eigenvalue weighted by Crippen LogP contribution is -2.49. The third-order valence-corrected chi connectivity index (χ3v) is 5.10. The van der Waals surface area contributed by atoms with Crippen LogP contribution in [0.3, 0.4) is 0 Å². The van der Waals surface area contributed by atoms with Crippen molar-refractivity contribution < 1.29 is 21.8 Å². The van der Waals surface area contributed by atoms with E-state index in [9.17, 15) is 17.1 Å². The molecule has 1 aromatic carbocycles. The second-order valence-electron chi connectivity index (χ2n) is 7.49. The first-order chi connectivity index (χ1) is 11.9. The number of halogens is 1. The van der Waals surface area contributed by atoms with E-state index in [0.717, 1.165) is 0 Å². The van der Waals surface area contributed by atoms with Gasteiger partial charge in [0, 0.05) is 38.4 Å². The quantitative estimate of drug-likeness (QED) is 0.632. The lowest BCUT2D eigenvalue weighted by Gasteiger charge is -2.35. The number of nitrogens with two attached hydrogens (primary N) is 1. The standard InChI is InChI=1S/C17H26FN3O4S/c1-12-14(19)9-13(10-15(12)26(18,23)24)11-20-5-7-21(8-6-20)16(22)25-17(2,3)4/h9-10H,5-8,11,19H2,1-4H3. The number of nitrogens with zero attached hydrogens (tertiary/aromatic N) is 2. The van der Waals surface area contributed by atoms with Crippen molar-refractivity contribution in [3.8, 4) is 0 Å². The summed E-state index contributed by atoms with van der Waals surface area (Å²) in [5.41, 5.74) is 6.36. The molecular formula is C17H26FN3O4S. The average Bonchev–Trinajstić information content (AvgIpc) is 2.48. The van der Waals surface area contributed by atoms with E-state index in [4.69, 9.17) is 10.5 Å². The smallest absolute Gasteiger partial charge is 0.410 e. The number of anilines is 1. The molecule has 1 heterocycles. The predicted octanol–water partition coefficient (Wildman–Crippen LogP) is 2.29. The van der Waals surface area contributed by atoms with Crippen molar-refractivity contribution >= 4 is 22.0 Å². The number of hydrogen-bond acceptors (Lipinski definition) is 6. The van der Waals surface area contributed by atoms with Crippen LogP contribution >= 0.6 is 0 Å². The Kier molecular flexibility index (Phi) is 5.82. The molecule has 0 spiro atoms. The van der Waals surface area contributed by atoms with Crippen LogP contribution in [0.25, 0.3) is 0 Å². The topological polar surface area (TPSA) is 92.9 Å². The van der Waals surface area contributed by atoms with Gasteiger partial charge in [-0.25, -0.2) is 4.79 Å². The van der Waals surface area contributed by atoms with Crippen molar-refractivity contribution in [2.45, 2.75) is 44.7 Å². The van der Waals surface area contributed by atoms with Gasteiger partial charge in [-0.3, -0.25) is 4.90 Å². The summed E-state index contributed by atoms with van der Waals surface area (Å²) in [4.78, 5) is 15.4. The van der Waals surface area contributed by atoms with E-state index in [1.54, 1.807) is 11.0 Å². The second kappa shape index (κ2) is 7.40. The number of hydrogen-bond donors (Lipinski definition) is 1. The van der Waals surface area contributed by atoms with Gasteiger partial charge in [0.15, 0.2) is 0 Å². The van der Waals surface area contributed by atoms with Crippen LogP contribution in [0.15, 0.2) is 17.0 Å². The van der Waals surface area contributed by atoms with Gasteiger partial charge in [0.05, 0.1) is 0 Å². The SMILES string of the molecule is Cc1c(N)cc(CN2CCN(C(=O)OC(C)(C)C)CC2)cc1S(=O)(=O)F. The van der Waals surface area contributed by atoms with E-state index in [-0.39, 0.29) is 22.2 Å². The Balaban J connectivity index is 2.02. The van der Waals surface area contributed by atoms with Crippen LogP contribution in [0.1, 0.15) is 31.9 Å². The molecule has 7 nitrogen and oxygen atoms in total. The molecule has 26 heavy (non-hydrogen) atoms. The van der Waals surface area contributed by atoms with Crippen LogP contribution < -0.4 is 5.73 Å². The number of carbonyl (C=O) groups is 1. The summed E-state index contributed by atoms with van der Waals surface area (Å²) in [6.45, 7) is 9.57. The highest BCUT2D eigenvalue weighted by atomic mass is 32.3. The van der Waals surface area contributed by atoms with Gasteiger partial charge in [-0.15, -0.1) is 3.89 Å². The lowest BCUT2D eigenvalue weighted by atomic mass is 10.1. The Bertz CT molecular complexity index is 782. The Morgan fingerprint density at radius 3 is 2.31 bits per heavy atom. The summed E-state index contributed by atoms with van der Waals surface area (Å²) in [5.74, 6) is 0. The van der Waals surface area contributed by atoms with Crippen LogP contribution in [0.2, 0.25) is 0 Å². The molecule has 1 amide bonds. The monoisotopic (exact) mass is 387 g/mol. The van der Waals surface area contributed by atoms with E-state index in [1.807, 2.05) is 20.8 Å². The number of amides is 1. The summed E-state index contributed by atoms with van der Waals surface area (Å²) in [6.07, 6.45) is -0.345. The molecule has 1 aromatic rings. The number of piperazine rings is 1. The van der Waals surface area contributed by atoms with Crippen molar-refractivity contribution in [3.63, 3.8) is 0 Å². The van der Waals surface area contributed by atoms with Gasteiger partial charge in [0.2, 0.25) is 0 Å². The van der Waals surface area contributed by atoms with Crippen LogP contribution in [-0.4, -0.2) is 56.1 Å². The predicted molar refractivity (Wildman–Crippen MR) is 97.0 cm³/mol. The molecule has 0 aromatic heterocycles. The maximum atomic E-state index is 13.4. The Hall–Kier alpha value is -1.87. The highest BCUT2D eigenvalue weighted by Crippen LogP contribution is 2.26. The molecular weight excluding hydrogens is 361 g/mol. The zero-order valence-corrected chi connectivity index (χ0v) is 16.4. The van der Waals surface area contributed by atoms with Gasteiger partial charge in [-0.1, -0.05) is 0 Å². The second-order valence-corrected chi connectivity index (χ2v) is 8.81. The molecule has 0 unspecified atom stereocenters. The minimum Gasteiger partial charge on any atom is -0.444 e. The summed E-state index contributed by atoms with van der Waals surface area (Å²) in [5, 5.41) is 0. The first-order valence-electron chi connectivity index (χ1n) is 8.41. The molecule has 1 saturated heterocycles. The first-order valence-corrected chi connectivity index (χ1v) is 9.79. The van der Waals surface area contributed by atoms with Gasteiger partial charge in [-0.05, 0) is 51.0 Å². The van der Waals surface area contributed by atoms with Crippen molar-refractivity contribution in [3.05, 3.63) is 23.3 Å². The van der Waals surface area contributed by atoms with E-state index < -0.39 is 15.8 Å². The van der Waals surface area contributed by atoms with Crippen molar-refractivity contribution in [1.82, 2.24) is 9.80 Å². The molecule has 146 valence electrons. The maximum absolute atomic E-state index is 13.4. The van der Waals surface area contributed by atoms with Crippen molar-refractivity contribution in [2.75, 3.05) is 31.9 Å². The van der Waals surface area contributed by atoms with E-state index in [2.05, 4.69) is 4.90 Å². The molecule has 2 N–H and O–H groups in total. The molecule has 0 saturated carbocycles. The van der Waals surface area contributed by atoms with Gasteiger partial charge in [-0.2, -0.15) is 8.42 Å². The van der Waals surface area contributed by atoms with Gasteiger partial charge in [0.1, 0.15) is 10.5 Å².